The quantitative estimate of drug-likeness (QED) is 0.233. The van der Waals surface area contributed by atoms with Crippen LogP contribution in [0.5, 0.6) is 0 Å². The summed E-state index contributed by atoms with van der Waals surface area (Å²) in [4.78, 5) is 1.11. The molecule has 200 valence electrons. The molecule has 0 spiro atoms. The molecule has 2 aliphatic rings. The molecule has 6 rings (SSSR count). The Hall–Kier alpha value is -2.97. The van der Waals surface area contributed by atoms with E-state index in [-0.39, 0.29) is 29.9 Å². The summed E-state index contributed by atoms with van der Waals surface area (Å²) in [5, 5.41) is 0. The number of thioether (sulfide) groups is 1. The Morgan fingerprint density at radius 3 is 1.77 bits per heavy atom. The minimum absolute atomic E-state index is 0.288. The van der Waals surface area contributed by atoms with Crippen LogP contribution in [0.4, 0.5) is 0 Å². The van der Waals surface area contributed by atoms with Gasteiger partial charge in [0.25, 0.3) is 0 Å². The predicted molar refractivity (Wildman–Crippen MR) is 151 cm³/mol. The summed E-state index contributed by atoms with van der Waals surface area (Å²) in [5.74, 6) is 0. The Balaban J connectivity index is 1.30. The van der Waals surface area contributed by atoms with Gasteiger partial charge in [0, 0.05) is 10.5 Å². The molecular formula is C33H32O5S. The number of hydrogen-bond donors (Lipinski definition) is 0. The molecule has 2 heterocycles. The van der Waals surface area contributed by atoms with Crippen LogP contribution < -0.4 is 0 Å². The molecule has 2 fully saturated rings. The normalized spacial score (nSPS) is 26.6. The van der Waals surface area contributed by atoms with Crippen LogP contribution in [0.15, 0.2) is 126 Å². The van der Waals surface area contributed by atoms with Gasteiger partial charge in [-0.15, -0.1) is 0 Å². The van der Waals surface area contributed by atoms with Crippen LogP contribution in [0.2, 0.25) is 0 Å². The smallest absolute Gasteiger partial charge is 0.184 e. The van der Waals surface area contributed by atoms with Crippen molar-refractivity contribution in [3.8, 4) is 0 Å². The highest BCUT2D eigenvalue weighted by Gasteiger charge is 2.51. The molecule has 2 saturated heterocycles. The maximum atomic E-state index is 6.69. The summed E-state index contributed by atoms with van der Waals surface area (Å²) in [5.41, 5.74) is 2.86. The third kappa shape index (κ3) is 6.61. The molecule has 3 unspecified atom stereocenters. The van der Waals surface area contributed by atoms with Crippen molar-refractivity contribution in [2.24, 2.45) is 0 Å². The van der Waals surface area contributed by atoms with E-state index < -0.39 is 6.29 Å². The van der Waals surface area contributed by atoms with E-state index in [1.54, 1.807) is 11.8 Å². The number of rotatable bonds is 9. The Morgan fingerprint density at radius 2 is 1.15 bits per heavy atom. The molecular weight excluding hydrogens is 508 g/mol. The molecule has 39 heavy (non-hydrogen) atoms. The predicted octanol–water partition coefficient (Wildman–Crippen LogP) is 6.79. The second kappa shape index (κ2) is 12.9. The third-order valence-electron chi connectivity index (χ3n) is 6.92. The number of ether oxygens (including phenoxy) is 5. The van der Waals surface area contributed by atoms with Crippen molar-refractivity contribution >= 4 is 11.8 Å². The van der Waals surface area contributed by atoms with Crippen molar-refractivity contribution in [2.75, 3.05) is 6.61 Å². The van der Waals surface area contributed by atoms with Crippen LogP contribution in [0.3, 0.4) is 0 Å². The highest BCUT2D eigenvalue weighted by molar-refractivity contribution is 7.99. The fraction of sp³-hybridized carbons (Fsp3) is 0.273. The second-order valence-corrected chi connectivity index (χ2v) is 10.8. The molecule has 6 heteroatoms. The van der Waals surface area contributed by atoms with E-state index in [0.29, 0.717) is 19.8 Å². The van der Waals surface area contributed by atoms with E-state index in [1.807, 2.05) is 84.9 Å². The summed E-state index contributed by atoms with van der Waals surface area (Å²) < 4.78 is 32.8. The van der Waals surface area contributed by atoms with E-state index in [0.717, 1.165) is 21.6 Å². The maximum Gasteiger partial charge on any atom is 0.184 e. The van der Waals surface area contributed by atoms with Crippen molar-refractivity contribution in [3.05, 3.63) is 138 Å². The zero-order chi connectivity index (χ0) is 26.3. The van der Waals surface area contributed by atoms with Crippen molar-refractivity contribution in [1.29, 1.82) is 0 Å². The average Bonchev–Trinajstić information content (AvgIpc) is 3.01. The van der Waals surface area contributed by atoms with Gasteiger partial charge in [-0.25, -0.2) is 0 Å². The molecule has 2 aliphatic heterocycles. The van der Waals surface area contributed by atoms with Gasteiger partial charge >= 0.3 is 0 Å². The lowest BCUT2D eigenvalue weighted by Crippen LogP contribution is -2.62. The van der Waals surface area contributed by atoms with Gasteiger partial charge < -0.3 is 23.7 Å². The van der Waals surface area contributed by atoms with Crippen LogP contribution >= 0.6 is 11.8 Å². The molecule has 0 radical (unpaired) electrons. The minimum Gasteiger partial charge on any atom is -0.368 e. The SMILES string of the molecule is c1ccc(COC2[C@@H](Sc3ccccc3)OC3COC(c4ccccc4)O[C@H]3[C@H]2OCc2ccccc2)cc1. The highest BCUT2D eigenvalue weighted by atomic mass is 32.2. The molecule has 6 atom stereocenters. The van der Waals surface area contributed by atoms with Gasteiger partial charge in [0.2, 0.25) is 0 Å². The summed E-state index contributed by atoms with van der Waals surface area (Å²) in [7, 11) is 0. The number of hydrogen-bond acceptors (Lipinski definition) is 6. The molecule has 4 aromatic rings. The second-order valence-electron chi connectivity index (χ2n) is 9.67. The summed E-state index contributed by atoms with van der Waals surface area (Å²) in [6, 6.07) is 40.7. The third-order valence-corrected chi connectivity index (χ3v) is 8.08. The van der Waals surface area contributed by atoms with Gasteiger partial charge in [-0.3, -0.25) is 0 Å². The Labute approximate surface area is 234 Å². The van der Waals surface area contributed by atoms with Crippen LogP contribution in [0, 0.1) is 0 Å². The zero-order valence-electron chi connectivity index (χ0n) is 21.6. The van der Waals surface area contributed by atoms with Gasteiger partial charge in [0.1, 0.15) is 29.9 Å². The van der Waals surface area contributed by atoms with E-state index in [4.69, 9.17) is 23.7 Å². The van der Waals surface area contributed by atoms with E-state index >= 15 is 0 Å². The van der Waals surface area contributed by atoms with E-state index in [1.165, 1.54) is 0 Å². The first-order chi connectivity index (χ1) is 19.3. The van der Waals surface area contributed by atoms with Crippen LogP contribution in [0.1, 0.15) is 23.0 Å². The van der Waals surface area contributed by atoms with Gasteiger partial charge in [0.15, 0.2) is 6.29 Å². The molecule has 4 aromatic carbocycles. The largest absolute Gasteiger partial charge is 0.368 e. The molecule has 0 saturated carbocycles. The lowest BCUT2D eigenvalue weighted by atomic mass is 9.98. The fourth-order valence-corrected chi connectivity index (χ4v) is 6.10. The Bertz CT molecular complexity index is 1270. The van der Waals surface area contributed by atoms with Gasteiger partial charge in [-0.05, 0) is 23.3 Å². The lowest BCUT2D eigenvalue weighted by Gasteiger charge is -2.49. The maximum absolute atomic E-state index is 6.69. The summed E-state index contributed by atoms with van der Waals surface area (Å²) >= 11 is 1.65. The molecule has 0 amide bonds. The standard InChI is InChI=1S/C33H32O5S/c1-5-13-24(14-6-1)21-34-30-29-28(23-36-32(38-29)26-17-9-3-10-18-26)37-33(39-27-19-11-4-12-20-27)31(30)35-22-25-15-7-2-8-16-25/h1-20,28-33H,21-23H2/t28?,29-,30-,31?,32?,33-/m1/s1. The number of fused-ring (bicyclic) bond motifs is 1. The Morgan fingerprint density at radius 1 is 0.615 bits per heavy atom. The van der Waals surface area contributed by atoms with Crippen LogP contribution in [-0.2, 0) is 36.9 Å². The molecule has 0 aromatic heterocycles. The van der Waals surface area contributed by atoms with Crippen LogP contribution in [-0.4, -0.2) is 36.5 Å². The fourth-order valence-electron chi connectivity index (χ4n) is 4.95. The molecule has 0 aliphatic carbocycles. The van der Waals surface area contributed by atoms with Crippen LogP contribution in [0.25, 0.3) is 0 Å². The van der Waals surface area contributed by atoms with Gasteiger partial charge in [-0.2, -0.15) is 0 Å². The zero-order valence-corrected chi connectivity index (χ0v) is 22.4. The van der Waals surface area contributed by atoms with Crippen molar-refractivity contribution < 1.29 is 23.7 Å². The molecule has 5 nitrogen and oxygen atoms in total. The van der Waals surface area contributed by atoms with Gasteiger partial charge in [-0.1, -0.05) is 121 Å². The lowest BCUT2D eigenvalue weighted by molar-refractivity contribution is -0.329. The summed E-state index contributed by atoms with van der Waals surface area (Å²) in [6.07, 6.45) is -1.89. The van der Waals surface area contributed by atoms with Crippen molar-refractivity contribution in [2.45, 2.75) is 54.3 Å². The number of benzene rings is 4. The van der Waals surface area contributed by atoms with Crippen molar-refractivity contribution in [3.63, 3.8) is 0 Å². The topological polar surface area (TPSA) is 46.2 Å². The Kier molecular flexibility index (Phi) is 8.70. The van der Waals surface area contributed by atoms with Crippen molar-refractivity contribution in [1.82, 2.24) is 0 Å². The minimum atomic E-state index is -0.494. The monoisotopic (exact) mass is 540 g/mol. The van der Waals surface area contributed by atoms with E-state index in [9.17, 15) is 0 Å². The average molecular weight is 541 g/mol. The van der Waals surface area contributed by atoms with Gasteiger partial charge in [0.05, 0.1) is 19.8 Å². The molecule has 0 N–H and O–H groups in total. The first-order valence-electron chi connectivity index (χ1n) is 13.3. The highest BCUT2D eigenvalue weighted by Crippen LogP contribution is 2.41. The summed E-state index contributed by atoms with van der Waals surface area (Å²) in [6.45, 7) is 1.30. The first kappa shape index (κ1) is 26.3. The van der Waals surface area contributed by atoms with E-state index in [2.05, 4.69) is 36.4 Å². The molecule has 0 bridgehead atoms. The first-order valence-corrected chi connectivity index (χ1v) is 14.2.